The van der Waals surface area contributed by atoms with Crippen molar-refractivity contribution in [2.45, 2.75) is 72.5 Å². The van der Waals surface area contributed by atoms with Crippen molar-refractivity contribution in [1.82, 2.24) is 15.1 Å². The van der Waals surface area contributed by atoms with Crippen LogP contribution < -0.4 is 5.32 Å². The molecule has 0 radical (unpaired) electrons. The fraction of sp³-hybridized carbons (Fsp3) is 0.786. The quantitative estimate of drug-likeness (QED) is 0.788. The summed E-state index contributed by atoms with van der Waals surface area (Å²) < 4.78 is 3.29. The third kappa shape index (κ3) is 3.82. The van der Waals surface area contributed by atoms with E-state index in [4.69, 9.17) is 0 Å². The van der Waals surface area contributed by atoms with E-state index in [1.54, 1.807) is 0 Å². The van der Waals surface area contributed by atoms with Crippen molar-refractivity contribution in [1.29, 1.82) is 0 Å². The van der Waals surface area contributed by atoms with Crippen LogP contribution in [0.15, 0.2) is 4.47 Å². The molecule has 1 atom stereocenters. The molecule has 1 unspecified atom stereocenters. The van der Waals surface area contributed by atoms with Crippen LogP contribution in [0.5, 0.6) is 0 Å². The van der Waals surface area contributed by atoms with Gasteiger partial charge in [0.25, 0.3) is 0 Å². The summed E-state index contributed by atoms with van der Waals surface area (Å²) in [5, 5.41) is 8.28. The Morgan fingerprint density at radius 1 is 1.28 bits per heavy atom. The molecule has 0 saturated carbocycles. The fourth-order valence-electron chi connectivity index (χ4n) is 2.23. The molecule has 18 heavy (non-hydrogen) atoms. The van der Waals surface area contributed by atoms with E-state index in [-0.39, 0.29) is 0 Å². The molecular weight excluding hydrogens is 290 g/mol. The summed E-state index contributed by atoms with van der Waals surface area (Å²) in [5.74, 6) is 0. The topological polar surface area (TPSA) is 29.9 Å². The first-order valence-electron chi connectivity index (χ1n) is 7.15. The predicted octanol–water partition coefficient (Wildman–Crippen LogP) is 3.90. The van der Waals surface area contributed by atoms with Crippen LogP contribution in [0.3, 0.4) is 0 Å². The molecule has 0 bridgehead atoms. The van der Waals surface area contributed by atoms with E-state index in [9.17, 15) is 0 Å². The second-order valence-electron chi connectivity index (χ2n) is 4.65. The zero-order valence-electron chi connectivity index (χ0n) is 12.1. The van der Waals surface area contributed by atoms with Crippen molar-refractivity contribution in [2.24, 2.45) is 0 Å². The van der Waals surface area contributed by atoms with E-state index in [1.165, 1.54) is 29.4 Å². The average Bonchev–Trinajstić information content (AvgIpc) is 2.70. The number of halogens is 1. The van der Waals surface area contributed by atoms with Crippen LogP contribution in [0, 0.1) is 0 Å². The van der Waals surface area contributed by atoms with Crippen molar-refractivity contribution in [2.75, 3.05) is 0 Å². The lowest BCUT2D eigenvalue weighted by Gasteiger charge is -2.16. The predicted molar refractivity (Wildman–Crippen MR) is 80.8 cm³/mol. The number of nitrogens with zero attached hydrogens (tertiary/aromatic N) is 2. The molecule has 4 heteroatoms. The van der Waals surface area contributed by atoms with E-state index < -0.39 is 0 Å². The third-order valence-electron chi connectivity index (χ3n) is 3.38. The molecule has 3 nitrogen and oxygen atoms in total. The van der Waals surface area contributed by atoms with E-state index in [2.05, 4.69) is 58.7 Å². The maximum atomic E-state index is 4.63. The minimum Gasteiger partial charge on any atom is -0.308 e. The van der Waals surface area contributed by atoms with E-state index in [1.807, 2.05) is 0 Å². The van der Waals surface area contributed by atoms with Gasteiger partial charge in [0.15, 0.2) is 0 Å². The van der Waals surface area contributed by atoms with Crippen molar-refractivity contribution in [3.63, 3.8) is 0 Å². The molecule has 0 aliphatic heterocycles. The van der Waals surface area contributed by atoms with Gasteiger partial charge in [-0.1, -0.05) is 27.2 Å². The van der Waals surface area contributed by atoms with Crippen LogP contribution in [0.1, 0.15) is 58.3 Å². The molecular formula is C14H26BrN3. The monoisotopic (exact) mass is 315 g/mol. The largest absolute Gasteiger partial charge is 0.308 e. The summed E-state index contributed by atoms with van der Waals surface area (Å²) in [4.78, 5) is 0. The molecule has 0 amide bonds. The highest BCUT2D eigenvalue weighted by atomic mass is 79.9. The number of aryl methyl sites for hydroxylation is 2. The summed E-state index contributed by atoms with van der Waals surface area (Å²) >= 11 is 3.69. The summed E-state index contributed by atoms with van der Waals surface area (Å²) in [5.41, 5.74) is 2.45. The number of aromatic nitrogens is 2. The first-order valence-corrected chi connectivity index (χ1v) is 7.94. The molecule has 104 valence electrons. The van der Waals surface area contributed by atoms with Gasteiger partial charge in [-0.05, 0) is 42.1 Å². The minimum atomic E-state index is 0.618. The summed E-state index contributed by atoms with van der Waals surface area (Å²) in [6.45, 7) is 10.6. The number of hydrogen-bond donors (Lipinski definition) is 1. The Bertz CT molecular complexity index is 360. The van der Waals surface area contributed by atoms with Gasteiger partial charge in [0, 0.05) is 19.1 Å². The fourth-order valence-corrected chi connectivity index (χ4v) is 2.93. The number of hydrogen-bond acceptors (Lipinski definition) is 2. The second-order valence-corrected chi connectivity index (χ2v) is 5.44. The van der Waals surface area contributed by atoms with Crippen LogP contribution in [-0.2, 0) is 19.5 Å². The Balaban J connectivity index is 2.73. The standard InChI is InChI=1S/C14H26BrN3/c1-5-9-11(6-2)16-10-13-14(15)12(7-3)17-18(13)8-4/h11,16H,5-10H2,1-4H3. The second kappa shape index (κ2) is 7.95. The van der Waals surface area contributed by atoms with Gasteiger partial charge < -0.3 is 5.32 Å². The maximum absolute atomic E-state index is 4.63. The van der Waals surface area contributed by atoms with Gasteiger partial charge in [-0.25, -0.2) is 0 Å². The Labute approximate surface area is 119 Å². The zero-order chi connectivity index (χ0) is 13.5. The Morgan fingerprint density at radius 2 is 2.00 bits per heavy atom. The molecule has 1 aromatic heterocycles. The molecule has 0 fully saturated rings. The third-order valence-corrected chi connectivity index (χ3v) is 4.30. The van der Waals surface area contributed by atoms with Gasteiger partial charge in [0.1, 0.15) is 0 Å². The van der Waals surface area contributed by atoms with Gasteiger partial charge in [-0.3, -0.25) is 4.68 Å². The minimum absolute atomic E-state index is 0.618. The van der Waals surface area contributed by atoms with Crippen molar-refractivity contribution in [3.05, 3.63) is 15.9 Å². The van der Waals surface area contributed by atoms with E-state index >= 15 is 0 Å². The first kappa shape index (κ1) is 15.7. The molecule has 1 rings (SSSR count). The lowest BCUT2D eigenvalue weighted by Crippen LogP contribution is -2.28. The highest BCUT2D eigenvalue weighted by molar-refractivity contribution is 9.10. The average molecular weight is 316 g/mol. The zero-order valence-corrected chi connectivity index (χ0v) is 13.7. The normalized spacial score (nSPS) is 12.9. The molecule has 1 heterocycles. The number of rotatable bonds is 8. The molecule has 0 spiro atoms. The van der Waals surface area contributed by atoms with E-state index in [0.717, 1.165) is 25.2 Å². The molecule has 0 aliphatic rings. The van der Waals surface area contributed by atoms with Crippen LogP contribution in [0.4, 0.5) is 0 Å². The molecule has 1 N–H and O–H groups in total. The van der Waals surface area contributed by atoms with Crippen LogP contribution >= 0.6 is 15.9 Å². The van der Waals surface area contributed by atoms with Gasteiger partial charge >= 0.3 is 0 Å². The van der Waals surface area contributed by atoms with Gasteiger partial charge in [0.2, 0.25) is 0 Å². The maximum Gasteiger partial charge on any atom is 0.0767 e. The lowest BCUT2D eigenvalue weighted by molar-refractivity contribution is 0.448. The van der Waals surface area contributed by atoms with Crippen molar-refractivity contribution < 1.29 is 0 Å². The SMILES string of the molecule is CCCC(CC)NCc1c(Br)c(CC)nn1CC. The van der Waals surface area contributed by atoms with Gasteiger partial charge in [-0.15, -0.1) is 0 Å². The summed E-state index contributed by atoms with van der Waals surface area (Å²) in [6.07, 6.45) is 4.65. The van der Waals surface area contributed by atoms with Gasteiger partial charge in [0.05, 0.1) is 15.9 Å². The highest BCUT2D eigenvalue weighted by Gasteiger charge is 2.14. The summed E-state index contributed by atoms with van der Waals surface area (Å²) in [7, 11) is 0. The Hall–Kier alpha value is -0.350. The van der Waals surface area contributed by atoms with Crippen LogP contribution in [0.25, 0.3) is 0 Å². The Morgan fingerprint density at radius 3 is 2.50 bits per heavy atom. The summed E-state index contributed by atoms with van der Waals surface area (Å²) in [6, 6.07) is 0.618. The van der Waals surface area contributed by atoms with Gasteiger partial charge in [-0.2, -0.15) is 5.10 Å². The highest BCUT2D eigenvalue weighted by Crippen LogP contribution is 2.22. The van der Waals surface area contributed by atoms with Crippen molar-refractivity contribution >= 4 is 15.9 Å². The smallest absolute Gasteiger partial charge is 0.0767 e. The van der Waals surface area contributed by atoms with Crippen molar-refractivity contribution in [3.8, 4) is 0 Å². The first-order chi connectivity index (χ1) is 8.67. The Kier molecular flexibility index (Phi) is 6.94. The van der Waals surface area contributed by atoms with E-state index in [0.29, 0.717) is 6.04 Å². The lowest BCUT2D eigenvalue weighted by atomic mass is 10.1. The van der Waals surface area contributed by atoms with Crippen LogP contribution in [-0.4, -0.2) is 15.8 Å². The van der Waals surface area contributed by atoms with Crippen LogP contribution in [0.2, 0.25) is 0 Å². The molecule has 0 saturated heterocycles. The number of nitrogens with one attached hydrogen (secondary N) is 1. The molecule has 0 aromatic carbocycles. The molecule has 1 aromatic rings. The molecule has 0 aliphatic carbocycles.